The molecule has 2 aromatic heterocycles. The zero-order valence-corrected chi connectivity index (χ0v) is 24.3. The minimum atomic E-state index is -0.762. The molecule has 2 heterocycles. The van der Waals surface area contributed by atoms with Gasteiger partial charge in [0.15, 0.2) is 0 Å². The normalized spacial score (nSPS) is 11.9. The second-order valence-electron chi connectivity index (χ2n) is 10.1. The minimum Gasteiger partial charge on any atom is -0.445 e. The predicted octanol–water partition coefficient (Wildman–Crippen LogP) is 6.33. The number of amides is 3. The lowest BCUT2D eigenvalue weighted by molar-refractivity contribution is -0.135. The summed E-state index contributed by atoms with van der Waals surface area (Å²) in [7, 11) is 0. The average molecular weight is 572 g/mol. The van der Waals surface area contributed by atoms with Gasteiger partial charge in [-0.2, -0.15) is 22.7 Å². The van der Waals surface area contributed by atoms with E-state index in [1.807, 2.05) is 64.0 Å². The van der Waals surface area contributed by atoms with Crippen LogP contribution in [0, 0.1) is 0 Å². The Hall–Kier alpha value is -3.37. The van der Waals surface area contributed by atoms with Gasteiger partial charge in [-0.1, -0.05) is 30.3 Å². The smallest absolute Gasteiger partial charge is 0.408 e. The fourth-order valence-corrected chi connectivity index (χ4v) is 5.10. The maximum absolute atomic E-state index is 13.8. The molecule has 0 fully saturated rings. The van der Waals surface area contributed by atoms with Crippen LogP contribution < -0.4 is 10.6 Å². The molecule has 1 atom stereocenters. The van der Waals surface area contributed by atoms with Crippen LogP contribution in [-0.4, -0.2) is 41.2 Å². The van der Waals surface area contributed by atoms with Gasteiger partial charge < -0.3 is 25.0 Å². The van der Waals surface area contributed by atoms with Crippen molar-refractivity contribution in [2.45, 2.75) is 71.4 Å². The van der Waals surface area contributed by atoms with Crippen LogP contribution in [0.5, 0.6) is 0 Å². The second-order valence-corrected chi connectivity index (χ2v) is 11.7. The number of nitrogens with one attached hydrogen (secondary N) is 2. The molecule has 0 bridgehead atoms. The van der Waals surface area contributed by atoms with Crippen molar-refractivity contribution in [3.8, 4) is 0 Å². The highest BCUT2D eigenvalue weighted by Gasteiger charge is 2.28. The van der Waals surface area contributed by atoms with Crippen LogP contribution in [-0.2, 0) is 34.0 Å². The van der Waals surface area contributed by atoms with Gasteiger partial charge in [0.2, 0.25) is 5.91 Å². The molecule has 1 aromatic carbocycles. The lowest BCUT2D eigenvalue weighted by Gasteiger charge is -2.29. The first-order valence-corrected chi connectivity index (χ1v) is 14.8. The van der Waals surface area contributed by atoms with Crippen LogP contribution in [0.15, 0.2) is 64.0 Å². The van der Waals surface area contributed by atoms with Gasteiger partial charge in [-0.3, -0.25) is 4.79 Å². The lowest BCUT2D eigenvalue weighted by atomic mass is 10.1. The highest BCUT2D eigenvalue weighted by molar-refractivity contribution is 7.08. The van der Waals surface area contributed by atoms with E-state index in [1.165, 1.54) is 0 Å². The molecule has 10 heteroatoms. The van der Waals surface area contributed by atoms with Crippen LogP contribution in [0.25, 0.3) is 0 Å². The molecule has 2 N–H and O–H groups in total. The molecule has 39 heavy (non-hydrogen) atoms. The van der Waals surface area contributed by atoms with Crippen molar-refractivity contribution >= 4 is 40.8 Å². The monoisotopic (exact) mass is 571 g/mol. The largest absolute Gasteiger partial charge is 0.445 e. The van der Waals surface area contributed by atoms with E-state index in [1.54, 1.807) is 48.3 Å². The summed E-state index contributed by atoms with van der Waals surface area (Å²) in [5.74, 6) is -0.173. The molecule has 1 unspecified atom stereocenters. The Bertz CT molecular complexity index is 1110. The summed E-state index contributed by atoms with van der Waals surface area (Å²) in [4.78, 5) is 40.2. The standard InChI is InChI=1S/C29H37N3O5S2/c1-29(2,3)37-28(35)31-25(11-7-8-14-30-27(34)36-19-22-9-5-4-6-10-22)26(33)32(17-23-12-15-38-20-23)18-24-13-16-39-21-24/h4-6,9-10,12-13,15-16,20-21,25H,7-8,11,14,17-19H2,1-3H3,(H,30,34)(H,31,35). The van der Waals surface area contributed by atoms with Crippen molar-refractivity contribution in [3.63, 3.8) is 0 Å². The van der Waals surface area contributed by atoms with Crippen molar-refractivity contribution in [1.82, 2.24) is 15.5 Å². The van der Waals surface area contributed by atoms with Crippen LogP contribution >= 0.6 is 22.7 Å². The molecule has 210 valence electrons. The fourth-order valence-electron chi connectivity index (χ4n) is 3.78. The SMILES string of the molecule is CC(C)(C)OC(=O)NC(CCCCNC(=O)OCc1ccccc1)C(=O)N(Cc1ccsc1)Cc1ccsc1. The zero-order chi connectivity index (χ0) is 28.1. The van der Waals surface area contributed by atoms with E-state index in [9.17, 15) is 14.4 Å². The summed E-state index contributed by atoms with van der Waals surface area (Å²) in [5, 5.41) is 13.5. The number of carbonyl (C=O) groups excluding carboxylic acids is 3. The van der Waals surface area contributed by atoms with Crippen molar-refractivity contribution < 1.29 is 23.9 Å². The Morgan fingerprint density at radius 2 is 1.51 bits per heavy atom. The number of hydrogen-bond donors (Lipinski definition) is 2. The number of nitrogens with zero attached hydrogens (tertiary/aromatic N) is 1. The number of ether oxygens (including phenoxy) is 2. The second kappa shape index (κ2) is 15.3. The Kier molecular flexibility index (Phi) is 11.8. The highest BCUT2D eigenvalue weighted by atomic mass is 32.1. The molecule has 3 amide bonds. The summed E-state index contributed by atoms with van der Waals surface area (Å²) in [6.07, 6.45) is 0.513. The summed E-state index contributed by atoms with van der Waals surface area (Å²) in [6, 6.07) is 12.7. The molecule has 0 saturated carbocycles. The van der Waals surface area contributed by atoms with Gasteiger partial charge in [-0.25, -0.2) is 9.59 Å². The Morgan fingerprint density at radius 1 is 0.872 bits per heavy atom. The lowest BCUT2D eigenvalue weighted by Crippen LogP contribution is -2.49. The summed E-state index contributed by atoms with van der Waals surface area (Å²) in [6.45, 7) is 6.84. The molecule has 8 nitrogen and oxygen atoms in total. The molecule has 0 spiro atoms. The maximum Gasteiger partial charge on any atom is 0.408 e. The Labute approximate surface area is 238 Å². The number of thiophene rings is 2. The molecular weight excluding hydrogens is 534 g/mol. The van der Waals surface area contributed by atoms with Crippen molar-refractivity contribution in [2.75, 3.05) is 6.54 Å². The molecule has 0 aliphatic heterocycles. The van der Waals surface area contributed by atoms with Crippen molar-refractivity contribution in [3.05, 3.63) is 80.7 Å². The summed E-state index contributed by atoms with van der Waals surface area (Å²) >= 11 is 3.16. The van der Waals surface area contributed by atoms with E-state index in [-0.39, 0.29) is 12.5 Å². The first-order chi connectivity index (χ1) is 18.7. The fraction of sp³-hybridized carbons (Fsp3) is 0.414. The van der Waals surface area contributed by atoms with Gasteiger partial charge in [0.05, 0.1) is 0 Å². The third-order valence-electron chi connectivity index (χ3n) is 5.61. The van der Waals surface area contributed by atoms with Crippen LogP contribution in [0.4, 0.5) is 9.59 Å². The molecule has 3 aromatic rings. The molecular formula is C29H37N3O5S2. The van der Waals surface area contributed by atoms with E-state index >= 15 is 0 Å². The molecule has 0 aliphatic rings. The number of hydrogen-bond acceptors (Lipinski definition) is 7. The molecule has 0 saturated heterocycles. The summed E-state index contributed by atoms with van der Waals surface area (Å²) < 4.78 is 10.7. The quantitative estimate of drug-likeness (QED) is 0.234. The third kappa shape index (κ3) is 11.5. The van der Waals surface area contributed by atoms with Crippen LogP contribution in [0.2, 0.25) is 0 Å². The van der Waals surface area contributed by atoms with E-state index in [4.69, 9.17) is 9.47 Å². The average Bonchev–Trinajstić information content (AvgIpc) is 3.60. The van der Waals surface area contributed by atoms with E-state index < -0.39 is 23.8 Å². The number of unbranched alkanes of at least 4 members (excludes halogenated alkanes) is 1. The number of rotatable bonds is 13. The van der Waals surface area contributed by atoms with Gasteiger partial charge >= 0.3 is 12.2 Å². The van der Waals surface area contributed by atoms with Crippen LogP contribution in [0.3, 0.4) is 0 Å². The number of benzene rings is 1. The first-order valence-electron chi connectivity index (χ1n) is 12.9. The number of carbonyl (C=O) groups is 3. The van der Waals surface area contributed by atoms with Crippen molar-refractivity contribution in [1.29, 1.82) is 0 Å². The van der Waals surface area contributed by atoms with Crippen LogP contribution in [0.1, 0.15) is 56.7 Å². The van der Waals surface area contributed by atoms with E-state index in [0.717, 1.165) is 16.7 Å². The van der Waals surface area contributed by atoms with Gasteiger partial charge in [0, 0.05) is 19.6 Å². The Balaban J connectivity index is 1.57. The molecule has 3 rings (SSSR count). The number of alkyl carbamates (subject to hydrolysis) is 2. The maximum atomic E-state index is 13.8. The molecule has 0 radical (unpaired) electrons. The van der Waals surface area contributed by atoms with Gasteiger partial charge in [-0.15, -0.1) is 0 Å². The Morgan fingerprint density at radius 3 is 2.08 bits per heavy atom. The molecule has 0 aliphatic carbocycles. The van der Waals surface area contributed by atoms with Gasteiger partial charge in [-0.05, 0) is 90.4 Å². The topological polar surface area (TPSA) is 97.0 Å². The third-order valence-corrected chi connectivity index (χ3v) is 7.07. The first kappa shape index (κ1) is 30.2. The van der Waals surface area contributed by atoms with Gasteiger partial charge in [0.1, 0.15) is 18.2 Å². The van der Waals surface area contributed by atoms with E-state index in [2.05, 4.69) is 10.6 Å². The highest BCUT2D eigenvalue weighted by Crippen LogP contribution is 2.18. The predicted molar refractivity (Wildman–Crippen MR) is 155 cm³/mol. The van der Waals surface area contributed by atoms with E-state index in [0.29, 0.717) is 38.9 Å². The van der Waals surface area contributed by atoms with Crippen molar-refractivity contribution in [2.24, 2.45) is 0 Å². The van der Waals surface area contributed by atoms with Gasteiger partial charge in [0.25, 0.3) is 0 Å². The minimum absolute atomic E-state index is 0.173. The summed E-state index contributed by atoms with van der Waals surface area (Å²) in [5.41, 5.74) is 2.31. The zero-order valence-electron chi connectivity index (χ0n) is 22.7.